The van der Waals surface area contributed by atoms with E-state index < -0.39 is 0 Å². The molecule has 0 unspecified atom stereocenters. The molecule has 0 saturated carbocycles. The van der Waals surface area contributed by atoms with Gasteiger partial charge in [0.25, 0.3) is 0 Å². The number of carbonyl (C=O) groups excluding carboxylic acids is 1. The first-order chi connectivity index (χ1) is 6.56. The van der Waals surface area contributed by atoms with Crippen LogP contribution in [0.1, 0.15) is 24.2 Å². The second kappa shape index (κ2) is 4.98. The third kappa shape index (κ3) is 2.60. The highest BCUT2D eigenvalue weighted by Crippen LogP contribution is 2.28. The molecule has 0 radical (unpaired) electrons. The molecule has 0 fully saturated rings. The SMILES string of the molecule is CCOc1cc(Cl)c(I)c(C(C)=O)c1. The van der Waals surface area contributed by atoms with Crippen molar-refractivity contribution >= 4 is 40.0 Å². The molecular formula is C10H10ClIO2. The van der Waals surface area contributed by atoms with Gasteiger partial charge in [-0.25, -0.2) is 0 Å². The quantitative estimate of drug-likeness (QED) is 0.628. The molecule has 0 aliphatic carbocycles. The van der Waals surface area contributed by atoms with Gasteiger partial charge in [-0.3, -0.25) is 4.79 Å². The number of Topliss-reactive ketones (excluding diaryl/α,β-unsaturated/α-hetero) is 1. The smallest absolute Gasteiger partial charge is 0.161 e. The number of ketones is 1. The minimum absolute atomic E-state index is 0.00199. The highest BCUT2D eigenvalue weighted by atomic mass is 127. The van der Waals surface area contributed by atoms with Gasteiger partial charge in [-0.2, -0.15) is 0 Å². The van der Waals surface area contributed by atoms with Crippen LogP contribution in [0.5, 0.6) is 5.75 Å². The molecule has 0 saturated heterocycles. The number of halogens is 2. The normalized spacial score (nSPS) is 10.0. The van der Waals surface area contributed by atoms with Crippen molar-refractivity contribution in [3.63, 3.8) is 0 Å². The topological polar surface area (TPSA) is 26.3 Å². The Bertz CT molecular complexity index is 363. The van der Waals surface area contributed by atoms with Crippen molar-refractivity contribution in [2.45, 2.75) is 13.8 Å². The minimum atomic E-state index is -0.00199. The second-order valence-corrected chi connectivity index (χ2v) is 4.24. The van der Waals surface area contributed by atoms with E-state index in [4.69, 9.17) is 16.3 Å². The molecule has 0 amide bonds. The lowest BCUT2D eigenvalue weighted by atomic mass is 10.1. The molecule has 0 atom stereocenters. The van der Waals surface area contributed by atoms with E-state index in [0.717, 1.165) is 3.57 Å². The van der Waals surface area contributed by atoms with Gasteiger partial charge in [-0.15, -0.1) is 0 Å². The van der Waals surface area contributed by atoms with Crippen molar-refractivity contribution in [3.05, 3.63) is 26.3 Å². The zero-order valence-electron chi connectivity index (χ0n) is 7.93. The first-order valence-corrected chi connectivity index (χ1v) is 5.64. The molecule has 76 valence electrons. The van der Waals surface area contributed by atoms with Gasteiger partial charge in [-0.05, 0) is 48.6 Å². The Labute approximate surface area is 102 Å². The van der Waals surface area contributed by atoms with Crippen molar-refractivity contribution in [3.8, 4) is 5.75 Å². The van der Waals surface area contributed by atoms with E-state index in [1.54, 1.807) is 12.1 Å². The Morgan fingerprint density at radius 2 is 2.21 bits per heavy atom. The standard InChI is InChI=1S/C10H10ClIO2/c1-3-14-7-4-8(6(2)13)10(12)9(11)5-7/h4-5H,3H2,1-2H3. The summed E-state index contributed by atoms with van der Waals surface area (Å²) in [6.07, 6.45) is 0. The van der Waals surface area contributed by atoms with Crippen LogP contribution in [0.25, 0.3) is 0 Å². The highest BCUT2D eigenvalue weighted by molar-refractivity contribution is 14.1. The van der Waals surface area contributed by atoms with Crippen LogP contribution in [-0.4, -0.2) is 12.4 Å². The highest BCUT2D eigenvalue weighted by Gasteiger charge is 2.11. The summed E-state index contributed by atoms with van der Waals surface area (Å²) in [5, 5.41) is 0.557. The lowest BCUT2D eigenvalue weighted by molar-refractivity contribution is 0.101. The Morgan fingerprint density at radius 1 is 1.57 bits per heavy atom. The summed E-state index contributed by atoms with van der Waals surface area (Å²) in [6.45, 7) is 3.97. The summed E-state index contributed by atoms with van der Waals surface area (Å²) in [4.78, 5) is 11.3. The van der Waals surface area contributed by atoms with Gasteiger partial charge in [0.05, 0.1) is 11.6 Å². The molecule has 0 bridgehead atoms. The Kier molecular flexibility index (Phi) is 4.19. The lowest BCUT2D eigenvalue weighted by Gasteiger charge is -2.08. The molecule has 0 heterocycles. The van der Waals surface area contributed by atoms with Crippen LogP contribution in [0.15, 0.2) is 12.1 Å². The van der Waals surface area contributed by atoms with Crippen molar-refractivity contribution < 1.29 is 9.53 Å². The second-order valence-electron chi connectivity index (χ2n) is 2.76. The number of benzene rings is 1. The van der Waals surface area contributed by atoms with Crippen molar-refractivity contribution in [2.75, 3.05) is 6.61 Å². The van der Waals surface area contributed by atoms with Crippen molar-refractivity contribution in [1.82, 2.24) is 0 Å². The fourth-order valence-corrected chi connectivity index (χ4v) is 1.97. The molecule has 0 aliphatic heterocycles. The van der Waals surface area contributed by atoms with E-state index in [1.807, 2.05) is 6.92 Å². The Morgan fingerprint density at radius 3 is 2.71 bits per heavy atom. The van der Waals surface area contributed by atoms with E-state index in [2.05, 4.69) is 22.6 Å². The van der Waals surface area contributed by atoms with Gasteiger partial charge in [-0.1, -0.05) is 11.6 Å². The number of ether oxygens (including phenoxy) is 1. The molecule has 14 heavy (non-hydrogen) atoms. The fraction of sp³-hybridized carbons (Fsp3) is 0.300. The first kappa shape index (κ1) is 11.8. The van der Waals surface area contributed by atoms with E-state index in [1.165, 1.54) is 6.92 Å². The maximum atomic E-state index is 11.3. The maximum absolute atomic E-state index is 11.3. The Hall–Kier alpha value is -0.290. The third-order valence-corrected chi connectivity index (χ3v) is 3.47. The summed E-state index contributed by atoms with van der Waals surface area (Å²) in [5.41, 5.74) is 0.613. The van der Waals surface area contributed by atoms with Crippen LogP contribution in [0.2, 0.25) is 5.02 Å². The zero-order valence-corrected chi connectivity index (χ0v) is 10.8. The molecule has 4 heteroatoms. The summed E-state index contributed by atoms with van der Waals surface area (Å²) in [7, 11) is 0. The van der Waals surface area contributed by atoms with E-state index in [9.17, 15) is 4.79 Å². The summed E-state index contributed by atoms with van der Waals surface area (Å²) in [6, 6.07) is 3.44. The monoisotopic (exact) mass is 324 g/mol. The first-order valence-electron chi connectivity index (χ1n) is 4.19. The van der Waals surface area contributed by atoms with Crippen molar-refractivity contribution in [2.24, 2.45) is 0 Å². The van der Waals surface area contributed by atoms with Crippen LogP contribution >= 0.6 is 34.2 Å². The molecule has 0 aliphatic rings. The predicted octanol–water partition coefficient (Wildman–Crippen LogP) is 3.55. The van der Waals surface area contributed by atoms with Gasteiger partial charge >= 0.3 is 0 Å². The van der Waals surface area contributed by atoms with E-state index in [-0.39, 0.29) is 5.78 Å². The zero-order chi connectivity index (χ0) is 10.7. The molecule has 2 nitrogen and oxygen atoms in total. The molecule has 0 aromatic heterocycles. The minimum Gasteiger partial charge on any atom is -0.494 e. The van der Waals surface area contributed by atoms with Crippen LogP contribution in [0.3, 0.4) is 0 Å². The van der Waals surface area contributed by atoms with Gasteiger partial charge in [0.2, 0.25) is 0 Å². The number of rotatable bonds is 3. The average molecular weight is 325 g/mol. The van der Waals surface area contributed by atoms with E-state index >= 15 is 0 Å². The molecule has 0 N–H and O–H groups in total. The lowest BCUT2D eigenvalue weighted by Crippen LogP contribution is -1.99. The summed E-state index contributed by atoms with van der Waals surface area (Å²) < 4.78 is 6.07. The van der Waals surface area contributed by atoms with Gasteiger partial charge in [0.1, 0.15) is 5.75 Å². The number of carbonyl (C=O) groups is 1. The predicted molar refractivity (Wildman–Crippen MR) is 65.3 cm³/mol. The van der Waals surface area contributed by atoms with Gasteiger partial charge in [0, 0.05) is 9.13 Å². The van der Waals surface area contributed by atoms with Gasteiger partial charge < -0.3 is 4.74 Å². The molecule has 1 aromatic rings. The molecule has 1 rings (SSSR count). The van der Waals surface area contributed by atoms with Crippen LogP contribution in [0.4, 0.5) is 0 Å². The maximum Gasteiger partial charge on any atom is 0.161 e. The Balaban J connectivity index is 3.21. The van der Waals surface area contributed by atoms with Crippen LogP contribution in [-0.2, 0) is 0 Å². The number of hydrogen-bond donors (Lipinski definition) is 0. The average Bonchev–Trinajstić information content (AvgIpc) is 2.11. The van der Waals surface area contributed by atoms with Crippen LogP contribution < -0.4 is 4.74 Å². The van der Waals surface area contributed by atoms with E-state index in [0.29, 0.717) is 22.9 Å². The molecule has 1 aromatic carbocycles. The summed E-state index contributed by atoms with van der Waals surface area (Å²) in [5.74, 6) is 0.640. The van der Waals surface area contributed by atoms with Gasteiger partial charge in [0.15, 0.2) is 5.78 Å². The largest absolute Gasteiger partial charge is 0.494 e. The van der Waals surface area contributed by atoms with Crippen molar-refractivity contribution in [1.29, 1.82) is 0 Å². The van der Waals surface area contributed by atoms with Crippen LogP contribution in [0, 0.1) is 3.57 Å². The summed E-state index contributed by atoms with van der Waals surface area (Å²) >= 11 is 8.02. The molecule has 0 spiro atoms. The fourth-order valence-electron chi connectivity index (χ4n) is 1.07. The molecular weight excluding hydrogens is 314 g/mol. The third-order valence-electron chi connectivity index (χ3n) is 1.69. The number of hydrogen-bond acceptors (Lipinski definition) is 2.